The molecule has 1 saturated heterocycles. The summed E-state index contributed by atoms with van der Waals surface area (Å²) in [4.78, 5) is 25.2. The van der Waals surface area contributed by atoms with Gasteiger partial charge in [-0.1, -0.05) is 23.2 Å². The van der Waals surface area contributed by atoms with Crippen molar-refractivity contribution in [3.05, 3.63) is 57.8 Å². The number of hydrogen-bond acceptors (Lipinski definition) is 3. The first-order chi connectivity index (χ1) is 11.9. The molecule has 0 bridgehead atoms. The van der Waals surface area contributed by atoms with Crippen LogP contribution in [0.2, 0.25) is 10.0 Å². The molecule has 25 heavy (non-hydrogen) atoms. The second kappa shape index (κ2) is 6.90. The lowest BCUT2D eigenvalue weighted by Crippen LogP contribution is -2.33. The minimum atomic E-state index is -0.841. The van der Waals surface area contributed by atoms with Crippen LogP contribution in [0.25, 0.3) is 0 Å². The lowest BCUT2D eigenvalue weighted by Gasteiger charge is -2.18. The van der Waals surface area contributed by atoms with Crippen molar-refractivity contribution < 1.29 is 14.0 Å². The molecule has 0 spiro atoms. The van der Waals surface area contributed by atoms with Crippen LogP contribution in [0.4, 0.5) is 15.8 Å². The minimum absolute atomic E-state index is 0.155. The highest BCUT2D eigenvalue weighted by Crippen LogP contribution is 2.30. The number of carbonyl (C=O) groups excluding carboxylic acids is 2. The van der Waals surface area contributed by atoms with E-state index in [4.69, 9.17) is 28.9 Å². The first kappa shape index (κ1) is 17.5. The van der Waals surface area contributed by atoms with Crippen LogP contribution in [-0.4, -0.2) is 24.4 Å². The van der Waals surface area contributed by atoms with E-state index in [0.717, 1.165) is 6.07 Å². The lowest BCUT2D eigenvalue weighted by molar-refractivity contribution is -0.117. The van der Waals surface area contributed by atoms with Gasteiger partial charge < -0.3 is 16.0 Å². The maximum atomic E-state index is 13.8. The van der Waals surface area contributed by atoms with Crippen molar-refractivity contribution in [2.45, 2.75) is 12.5 Å². The highest BCUT2D eigenvalue weighted by Gasteiger charge is 2.32. The summed E-state index contributed by atoms with van der Waals surface area (Å²) in [5.41, 5.74) is 5.93. The summed E-state index contributed by atoms with van der Waals surface area (Å²) in [5.74, 6) is -1.73. The zero-order chi connectivity index (χ0) is 18.1. The van der Waals surface area contributed by atoms with Crippen molar-refractivity contribution >= 4 is 46.4 Å². The maximum Gasteiger partial charge on any atom is 0.251 e. The summed E-state index contributed by atoms with van der Waals surface area (Å²) in [6, 6.07) is 8.42. The first-order valence-corrected chi connectivity index (χ1v) is 8.24. The van der Waals surface area contributed by atoms with Crippen LogP contribution in [0, 0.1) is 5.82 Å². The van der Waals surface area contributed by atoms with E-state index in [0.29, 0.717) is 34.4 Å². The van der Waals surface area contributed by atoms with Crippen molar-refractivity contribution in [2.75, 3.05) is 16.8 Å². The fourth-order valence-electron chi connectivity index (χ4n) is 2.73. The fourth-order valence-corrected chi connectivity index (χ4v) is 3.02. The number of primary amides is 1. The van der Waals surface area contributed by atoms with Crippen LogP contribution in [0.5, 0.6) is 0 Å². The van der Waals surface area contributed by atoms with E-state index in [-0.39, 0.29) is 11.5 Å². The third kappa shape index (κ3) is 3.55. The van der Waals surface area contributed by atoms with E-state index >= 15 is 0 Å². The number of nitrogens with one attached hydrogen (secondary N) is 1. The molecule has 2 amide bonds. The number of halogens is 3. The molecule has 1 heterocycles. The number of nitrogens with two attached hydrogens (primary N) is 1. The van der Waals surface area contributed by atoms with Crippen molar-refractivity contribution in [3.8, 4) is 0 Å². The molecule has 0 radical (unpaired) electrons. The Morgan fingerprint density at radius 1 is 1.20 bits per heavy atom. The third-order valence-electron chi connectivity index (χ3n) is 4.00. The van der Waals surface area contributed by atoms with Gasteiger partial charge >= 0.3 is 0 Å². The number of nitrogens with zero attached hydrogens (tertiary/aromatic N) is 1. The normalized spacial score (nSPS) is 17.0. The van der Waals surface area contributed by atoms with E-state index in [2.05, 4.69) is 5.32 Å². The molecule has 2 aromatic carbocycles. The Morgan fingerprint density at radius 2 is 1.96 bits per heavy atom. The van der Waals surface area contributed by atoms with E-state index < -0.39 is 17.8 Å². The largest absolute Gasteiger partial charge is 0.374 e. The molecule has 1 fully saturated rings. The van der Waals surface area contributed by atoms with Crippen LogP contribution in [0.1, 0.15) is 16.8 Å². The van der Waals surface area contributed by atoms with Gasteiger partial charge in [0.05, 0.1) is 15.6 Å². The minimum Gasteiger partial charge on any atom is -0.374 e. The van der Waals surface area contributed by atoms with Gasteiger partial charge in [-0.05, 0) is 42.8 Å². The van der Waals surface area contributed by atoms with Crippen molar-refractivity contribution in [2.24, 2.45) is 5.73 Å². The van der Waals surface area contributed by atoms with Crippen LogP contribution in [-0.2, 0) is 4.79 Å². The van der Waals surface area contributed by atoms with Gasteiger partial charge in [0, 0.05) is 17.9 Å². The first-order valence-electron chi connectivity index (χ1n) is 7.49. The molecular weight excluding hydrogens is 368 g/mol. The Hall–Kier alpha value is -2.31. The van der Waals surface area contributed by atoms with Crippen molar-refractivity contribution in [1.82, 2.24) is 0 Å². The summed E-state index contributed by atoms with van der Waals surface area (Å²) in [6.45, 7) is 0.496. The summed E-state index contributed by atoms with van der Waals surface area (Å²) in [5, 5.41) is 3.76. The number of amides is 2. The zero-order valence-electron chi connectivity index (χ0n) is 12.9. The number of hydrogen-bond donors (Lipinski definition) is 2. The molecule has 1 unspecified atom stereocenters. The van der Waals surface area contributed by atoms with E-state index in [1.807, 2.05) is 0 Å². The smallest absolute Gasteiger partial charge is 0.251 e. The second-order valence-corrected chi connectivity index (χ2v) is 6.45. The van der Waals surface area contributed by atoms with Crippen LogP contribution in [0.3, 0.4) is 0 Å². The van der Waals surface area contributed by atoms with Crippen molar-refractivity contribution in [1.29, 1.82) is 0 Å². The molecule has 1 aliphatic rings. The number of rotatable bonds is 4. The molecule has 1 atom stereocenters. The molecule has 5 nitrogen and oxygen atoms in total. The third-order valence-corrected chi connectivity index (χ3v) is 4.73. The van der Waals surface area contributed by atoms with Crippen molar-refractivity contribution in [3.63, 3.8) is 0 Å². The number of anilines is 2. The number of carbonyl (C=O) groups is 2. The fraction of sp³-hybridized carbons (Fsp3) is 0.176. The van der Waals surface area contributed by atoms with Gasteiger partial charge in [0.15, 0.2) is 0 Å². The number of benzene rings is 2. The van der Waals surface area contributed by atoms with Gasteiger partial charge in [0.2, 0.25) is 5.91 Å². The second-order valence-electron chi connectivity index (χ2n) is 5.63. The summed E-state index contributed by atoms with van der Waals surface area (Å²) in [6.07, 6.45) is 0.540. The standard InChI is InChI=1S/C17H14Cl2FN3O2/c18-12-4-2-10(8-13(12)19)23-6-5-15(17(23)25)22-9-1-3-11(16(21)24)14(20)7-9/h1-4,7-8,15,22H,5-6H2,(H2,21,24). The van der Waals surface area contributed by atoms with E-state index in [1.54, 1.807) is 23.1 Å². The zero-order valence-corrected chi connectivity index (χ0v) is 14.4. The quantitative estimate of drug-likeness (QED) is 0.851. The molecule has 2 aromatic rings. The molecule has 3 rings (SSSR count). The van der Waals surface area contributed by atoms with Gasteiger partial charge in [0.25, 0.3) is 5.91 Å². The Bertz CT molecular complexity index is 860. The molecule has 1 aliphatic heterocycles. The summed E-state index contributed by atoms with van der Waals surface area (Å²) in [7, 11) is 0. The molecule has 8 heteroatoms. The monoisotopic (exact) mass is 381 g/mol. The van der Waals surface area contributed by atoms with Gasteiger partial charge in [-0.2, -0.15) is 0 Å². The predicted molar refractivity (Wildman–Crippen MR) is 95.8 cm³/mol. The van der Waals surface area contributed by atoms with Gasteiger partial charge in [-0.3, -0.25) is 9.59 Å². The highest BCUT2D eigenvalue weighted by molar-refractivity contribution is 6.42. The lowest BCUT2D eigenvalue weighted by atomic mass is 10.1. The Morgan fingerprint density at radius 3 is 2.60 bits per heavy atom. The molecule has 0 aromatic heterocycles. The van der Waals surface area contributed by atoms with Crippen LogP contribution < -0.4 is 16.0 Å². The Labute approximate surface area is 153 Å². The topological polar surface area (TPSA) is 75.4 Å². The molecule has 0 aliphatic carbocycles. The van der Waals surface area contributed by atoms with Gasteiger partial charge in [-0.25, -0.2) is 4.39 Å². The van der Waals surface area contributed by atoms with Gasteiger partial charge in [0.1, 0.15) is 11.9 Å². The predicted octanol–water partition coefficient (Wildman–Crippen LogP) is 3.45. The van der Waals surface area contributed by atoms with E-state index in [9.17, 15) is 14.0 Å². The average Bonchev–Trinajstić information content (AvgIpc) is 2.91. The highest BCUT2D eigenvalue weighted by atomic mass is 35.5. The van der Waals surface area contributed by atoms with Crippen LogP contribution in [0.15, 0.2) is 36.4 Å². The van der Waals surface area contributed by atoms with Gasteiger partial charge in [-0.15, -0.1) is 0 Å². The maximum absolute atomic E-state index is 13.8. The average molecular weight is 382 g/mol. The Balaban J connectivity index is 1.75. The summed E-state index contributed by atoms with van der Waals surface area (Å²) >= 11 is 11.9. The molecule has 0 saturated carbocycles. The summed E-state index contributed by atoms with van der Waals surface area (Å²) < 4.78 is 13.8. The van der Waals surface area contributed by atoms with Crippen LogP contribution >= 0.6 is 23.2 Å². The molecule has 3 N–H and O–H groups in total. The molecular formula is C17H14Cl2FN3O2. The van der Waals surface area contributed by atoms with E-state index in [1.165, 1.54) is 12.1 Å². The SMILES string of the molecule is NC(=O)c1ccc(NC2CCN(c3ccc(Cl)c(Cl)c3)C2=O)cc1F. The molecule has 130 valence electrons. The Kier molecular flexibility index (Phi) is 4.83.